The Balaban J connectivity index is 2.38. The van der Waals surface area contributed by atoms with Crippen LogP contribution >= 0.6 is 11.8 Å². The Bertz CT molecular complexity index is 466. The second kappa shape index (κ2) is 5.21. The van der Waals surface area contributed by atoms with Crippen LogP contribution in [-0.2, 0) is 0 Å². The van der Waals surface area contributed by atoms with Crippen LogP contribution in [0.15, 0.2) is 23.6 Å². The molecule has 2 rings (SSSR count). The molecule has 0 aliphatic carbocycles. The van der Waals surface area contributed by atoms with E-state index in [1.54, 1.807) is 11.8 Å². The standard InChI is InChI=1S/C11H16N4S/c1-3-7-16-11-10-13-5-6-15(10)8-9(14-11)12-4-2/h5-6,8,12H,3-4,7H2,1-2H3. The van der Waals surface area contributed by atoms with Crippen molar-refractivity contribution in [3.05, 3.63) is 18.6 Å². The lowest BCUT2D eigenvalue weighted by atomic mass is 10.6. The van der Waals surface area contributed by atoms with Crippen LogP contribution in [0, 0.1) is 0 Å². The molecule has 0 aliphatic rings. The van der Waals surface area contributed by atoms with Crippen LogP contribution in [0.4, 0.5) is 5.82 Å². The van der Waals surface area contributed by atoms with E-state index in [0.29, 0.717) is 0 Å². The number of fused-ring (bicyclic) bond motifs is 1. The molecule has 0 saturated heterocycles. The average molecular weight is 236 g/mol. The summed E-state index contributed by atoms with van der Waals surface area (Å²) in [6.07, 6.45) is 6.88. The molecule has 0 bridgehead atoms. The SMILES string of the molecule is CCCSc1nc(NCC)cn2ccnc12. The normalized spacial score (nSPS) is 10.9. The zero-order chi connectivity index (χ0) is 11.4. The quantitative estimate of drug-likeness (QED) is 0.810. The number of hydrogen-bond acceptors (Lipinski definition) is 4. The first-order valence-electron chi connectivity index (χ1n) is 5.55. The third-order valence-electron chi connectivity index (χ3n) is 2.14. The predicted octanol–water partition coefficient (Wildman–Crippen LogP) is 2.66. The molecule has 0 aromatic carbocycles. The average Bonchev–Trinajstić information content (AvgIpc) is 2.74. The van der Waals surface area contributed by atoms with E-state index in [1.807, 2.05) is 23.0 Å². The first-order valence-corrected chi connectivity index (χ1v) is 6.54. The second-order valence-corrected chi connectivity index (χ2v) is 4.55. The van der Waals surface area contributed by atoms with Gasteiger partial charge in [0.2, 0.25) is 0 Å². The number of thioether (sulfide) groups is 1. The summed E-state index contributed by atoms with van der Waals surface area (Å²) in [6.45, 7) is 5.12. The van der Waals surface area contributed by atoms with Crippen molar-refractivity contribution < 1.29 is 0 Å². The van der Waals surface area contributed by atoms with Crippen molar-refractivity contribution in [2.75, 3.05) is 17.6 Å². The maximum absolute atomic E-state index is 4.57. The second-order valence-electron chi connectivity index (χ2n) is 3.47. The van der Waals surface area contributed by atoms with E-state index >= 15 is 0 Å². The van der Waals surface area contributed by atoms with Gasteiger partial charge in [-0.3, -0.25) is 0 Å². The van der Waals surface area contributed by atoms with Gasteiger partial charge in [-0.25, -0.2) is 9.97 Å². The molecule has 0 aliphatic heterocycles. The number of hydrogen-bond donors (Lipinski definition) is 1. The number of nitrogens with one attached hydrogen (secondary N) is 1. The highest BCUT2D eigenvalue weighted by atomic mass is 32.2. The lowest BCUT2D eigenvalue weighted by molar-refractivity contribution is 1.01. The summed E-state index contributed by atoms with van der Waals surface area (Å²) in [5.74, 6) is 1.98. The van der Waals surface area contributed by atoms with Crippen LogP contribution in [0.1, 0.15) is 20.3 Å². The molecule has 0 saturated carbocycles. The van der Waals surface area contributed by atoms with Crippen molar-refractivity contribution in [2.24, 2.45) is 0 Å². The Labute approximate surface area is 99.5 Å². The molecule has 0 atom stereocenters. The third-order valence-corrected chi connectivity index (χ3v) is 3.30. The van der Waals surface area contributed by atoms with Crippen molar-refractivity contribution in [2.45, 2.75) is 25.3 Å². The lowest BCUT2D eigenvalue weighted by Gasteiger charge is -2.07. The van der Waals surface area contributed by atoms with Crippen molar-refractivity contribution in [3.63, 3.8) is 0 Å². The zero-order valence-corrected chi connectivity index (χ0v) is 10.4. The summed E-state index contributed by atoms with van der Waals surface area (Å²) < 4.78 is 2.02. The fourth-order valence-electron chi connectivity index (χ4n) is 1.46. The third kappa shape index (κ3) is 2.29. The number of anilines is 1. The Morgan fingerprint density at radius 1 is 1.44 bits per heavy atom. The number of rotatable bonds is 5. The summed E-state index contributed by atoms with van der Waals surface area (Å²) >= 11 is 1.76. The molecule has 0 amide bonds. The number of nitrogens with zero attached hydrogens (tertiary/aromatic N) is 3. The largest absolute Gasteiger partial charge is 0.369 e. The van der Waals surface area contributed by atoms with Crippen LogP contribution in [0.5, 0.6) is 0 Å². The first kappa shape index (κ1) is 11.3. The Morgan fingerprint density at radius 2 is 2.31 bits per heavy atom. The molecule has 2 aromatic rings. The molecular formula is C11H16N4S. The van der Waals surface area contributed by atoms with Gasteiger partial charge in [-0.1, -0.05) is 6.92 Å². The van der Waals surface area contributed by atoms with E-state index in [4.69, 9.17) is 0 Å². The van der Waals surface area contributed by atoms with Crippen LogP contribution in [0.2, 0.25) is 0 Å². The van der Waals surface area contributed by atoms with Gasteiger partial charge < -0.3 is 9.72 Å². The summed E-state index contributed by atoms with van der Waals surface area (Å²) in [4.78, 5) is 8.89. The summed E-state index contributed by atoms with van der Waals surface area (Å²) in [5, 5.41) is 4.24. The highest BCUT2D eigenvalue weighted by Gasteiger charge is 2.06. The van der Waals surface area contributed by atoms with Gasteiger partial charge in [0.1, 0.15) is 10.8 Å². The monoisotopic (exact) mass is 236 g/mol. The molecular weight excluding hydrogens is 220 g/mol. The summed E-state index contributed by atoms with van der Waals surface area (Å²) in [6, 6.07) is 0. The smallest absolute Gasteiger partial charge is 0.169 e. The van der Waals surface area contributed by atoms with Crippen LogP contribution in [-0.4, -0.2) is 26.7 Å². The molecule has 86 valence electrons. The number of aromatic nitrogens is 3. The highest BCUT2D eigenvalue weighted by molar-refractivity contribution is 7.99. The molecule has 16 heavy (non-hydrogen) atoms. The summed E-state index contributed by atoms with van der Waals surface area (Å²) in [5.41, 5.74) is 0.945. The maximum atomic E-state index is 4.57. The van der Waals surface area contributed by atoms with Crippen LogP contribution in [0.25, 0.3) is 5.65 Å². The number of imidazole rings is 1. The molecule has 5 heteroatoms. The Hall–Kier alpha value is -1.23. The summed E-state index contributed by atoms with van der Waals surface area (Å²) in [7, 11) is 0. The lowest BCUT2D eigenvalue weighted by Crippen LogP contribution is -2.02. The van der Waals surface area contributed by atoms with Crippen molar-refractivity contribution in [3.8, 4) is 0 Å². The van der Waals surface area contributed by atoms with E-state index in [2.05, 4.69) is 29.1 Å². The zero-order valence-electron chi connectivity index (χ0n) is 9.60. The van der Waals surface area contributed by atoms with Gasteiger partial charge in [0.15, 0.2) is 5.65 Å². The van der Waals surface area contributed by atoms with Gasteiger partial charge in [0.05, 0.1) is 6.20 Å². The molecule has 0 fully saturated rings. The van der Waals surface area contributed by atoms with E-state index in [-0.39, 0.29) is 0 Å². The van der Waals surface area contributed by atoms with E-state index in [1.165, 1.54) is 0 Å². The Morgan fingerprint density at radius 3 is 3.06 bits per heavy atom. The molecule has 2 aromatic heterocycles. The topological polar surface area (TPSA) is 42.2 Å². The van der Waals surface area contributed by atoms with Gasteiger partial charge in [0.25, 0.3) is 0 Å². The van der Waals surface area contributed by atoms with Gasteiger partial charge in [-0.15, -0.1) is 11.8 Å². The molecule has 2 heterocycles. The minimum atomic E-state index is 0.880. The van der Waals surface area contributed by atoms with Gasteiger partial charge >= 0.3 is 0 Å². The fraction of sp³-hybridized carbons (Fsp3) is 0.455. The van der Waals surface area contributed by atoms with Gasteiger partial charge in [-0.05, 0) is 19.1 Å². The van der Waals surface area contributed by atoms with Crippen molar-refractivity contribution >= 4 is 23.2 Å². The first-order chi connectivity index (χ1) is 7.85. The predicted molar refractivity (Wildman–Crippen MR) is 68.2 cm³/mol. The minimum Gasteiger partial charge on any atom is -0.369 e. The van der Waals surface area contributed by atoms with E-state index < -0.39 is 0 Å². The molecule has 0 radical (unpaired) electrons. The maximum Gasteiger partial charge on any atom is 0.169 e. The molecule has 1 N–H and O–H groups in total. The minimum absolute atomic E-state index is 0.880. The highest BCUT2D eigenvalue weighted by Crippen LogP contribution is 2.22. The molecule has 0 unspecified atom stereocenters. The van der Waals surface area contributed by atoms with Gasteiger partial charge in [0, 0.05) is 18.9 Å². The molecule has 0 spiro atoms. The van der Waals surface area contributed by atoms with E-state index in [0.717, 1.165) is 35.2 Å². The van der Waals surface area contributed by atoms with Crippen molar-refractivity contribution in [1.29, 1.82) is 0 Å². The fourth-order valence-corrected chi connectivity index (χ4v) is 2.31. The van der Waals surface area contributed by atoms with E-state index in [9.17, 15) is 0 Å². The van der Waals surface area contributed by atoms with Crippen LogP contribution in [0.3, 0.4) is 0 Å². The Kier molecular flexibility index (Phi) is 3.66. The van der Waals surface area contributed by atoms with Gasteiger partial charge in [-0.2, -0.15) is 0 Å². The van der Waals surface area contributed by atoms with Crippen LogP contribution < -0.4 is 5.32 Å². The van der Waals surface area contributed by atoms with Crippen molar-refractivity contribution in [1.82, 2.24) is 14.4 Å². The molecule has 4 nitrogen and oxygen atoms in total.